The molecule has 22 heavy (non-hydrogen) atoms. The van der Waals surface area contributed by atoms with Crippen LogP contribution in [0, 0.1) is 13.8 Å². The molecule has 2 aromatic carbocycles. The van der Waals surface area contributed by atoms with Gasteiger partial charge in [-0.05, 0) is 49.2 Å². The lowest BCUT2D eigenvalue weighted by Gasteiger charge is -2.06. The molecule has 0 radical (unpaired) electrons. The van der Waals surface area contributed by atoms with Crippen molar-refractivity contribution in [2.24, 2.45) is 7.05 Å². The Balaban J connectivity index is 2.17. The van der Waals surface area contributed by atoms with Crippen LogP contribution in [-0.2, 0) is 7.05 Å². The molecule has 0 amide bonds. The second kappa shape index (κ2) is 4.70. The average molecular weight is 290 g/mol. The summed E-state index contributed by atoms with van der Waals surface area (Å²) in [6.45, 7) is -0.0395. The van der Waals surface area contributed by atoms with E-state index in [2.05, 4.69) is 41.8 Å². The zero-order chi connectivity index (χ0) is 17.8. The fourth-order valence-electron chi connectivity index (χ4n) is 3.21. The Kier molecular flexibility index (Phi) is 2.17. The first-order valence-electron chi connectivity index (χ1n) is 8.87. The number of para-hydroxylation sites is 2. The van der Waals surface area contributed by atoms with Crippen molar-refractivity contribution < 1.29 is 8.68 Å². The van der Waals surface area contributed by atoms with Crippen LogP contribution in [0.1, 0.15) is 15.2 Å². The van der Waals surface area contributed by atoms with Gasteiger partial charge in [-0.25, -0.2) is 4.57 Å². The van der Waals surface area contributed by atoms with Crippen molar-refractivity contribution in [2.45, 2.75) is 13.8 Å². The highest BCUT2D eigenvalue weighted by molar-refractivity contribution is 6.09. The number of aryl methyl sites for hydroxylation is 3. The first-order valence-corrected chi connectivity index (χ1v) is 7.37. The highest BCUT2D eigenvalue weighted by Crippen LogP contribution is 2.32. The molecule has 2 aromatic heterocycles. The van der Waals surface area contributed by atoms with Gasteiger partial charge in [0.15, 0.2) is 0 Å². The third kappa shape index (κ3) is 1.77. The maximum atomic E-state index is 7.75. The molecular formula is C20H19N2+. The number of hydrogen-bond donors (Lipinski definition) is 0. The number of benzene rings is 2. The molecule has 0 fully saturated rings. The summed E-state index contributed by atoms with van der Waals surface area (Å²) in [6, 6.07) is 17.9. The van der Waals surface area contributed by atoms with Crippen molar-refractivity contribution in [3.05, 3.63) is 71.9 Å². The third-order valence-corrected chi connectivity index (χ3v) is 4.25. The Morgan fingerprint density at radius 3 is 2.68 bits per heavy atom. The molecule has 0 aliphatic carbocycles. The summed E-state index contributed by atoms with van der Waals surface area (Å²) in [5.74, 6) is 0.842. The van der Waals surface area contributed by atoms with E-state index in [0.717, 1.165) is 22.4 Å². The standard InChI is InChI=1S/C20H19N2/c1-14-11-12-21(3)19(13-14)22-18-10-5-4-8-16(18)17-9-6-7-15(2)20(17)22/h4-13H,1-3H3/q+1/i1D3. The van der Waals surface area contributed by atoms with Gasteiger partial charge in [-0.3, -0.25) is 0 Å². The summed E-state index contributed by atoms with van der Waals surface area (Å²) >= 11 is 0. The van der Waals surface area contributed by atoms with E-state index in [1.54, 1.807) is 12.1 Å². The second-order valence-corrected chi connectivity index (χ2v) is 5.71. The van der Waals surface area contributed by atoms with Crippen LogP contribution in [0.5, 0.6) is 0 Å². The summed E-state index contributed by atoms with van der Waals surface area (Å²) < 4.78 is 27.4. The Morgan fingerprint density at radius 2 is 1.82 bits per heavy atom. The fraction of sp³-hybridized carbons (Fsp3) is 0.150. The van der Waals surface area contributed by atoms with Crippen molar-refractivity contribution in [1.29, 1.82) is 0 Å². The molecule has 0 bridgehead atoms. The topological polar surface area (TPSA) is 8.81 Å². The van der Waals surface area contributed by atoms with E-state index < -0.39 is 6.85 Å². The maximum Gasteiger partial charge on any atom is 0.286 e. The normalized spacial score (nSPS) is 14.0. The minimum Gasteiger partial charge on any atom is -0.237 e. The number of aromatic nitrogens is 2. The lowest BCUT2D eigenvalue weighted by atomic mass is 10.1. The largest absolute Gasteiger partial charge is 0.286 e. The van der Waals surface area contributed by atoms with Gasteiger partial charge >= 0.3 is 0 Å². The van der Waals surface area contributed by atoms with Gasteiger partial charge in [0, 0.05) is 21.0 Å². The Labute approximate surface area is 134 Å². The molecule has 4 aromatic rings. The highest BCUT2D eigenvalue weighted by Gasteiger charge is 2.21. The smallest absolute Gasteiger partial charge is 0.237 e. The second-order valence-electron chi connectivity index (χ2n) is 5.71. The quantitative estimate of drug-likeness (QED) is 0.464. The van der Waals surface area contributed by atoms with Crippen molar-refractivity contribution in [1.82, 2.24) is 4.57 Å². The van der Waals surface area contributed by atoms with Gasteiger partial charge in [-0.15, -0.1) is 0 Å². The number of rotatable bonds is 1. The summed E-state index contributed by atoms with van der Waals surface area (Å²) in [6.07, 6.45) is 1.82. The molecular weight excluding hydrogens is 268 g/mol. The molecule has 108 valence electrons. The lowest BCUT2D eigenvalue weighted by molar-refractivity contribution is -0.665. The molecule has 0 saturated heterocycles. The van der Waals surface area contributed by atoms with E-state index in [-0.39, 0.29) is 0 Å². The molecule has 2 heteroatoms. The van der Waals surface area contributed by atoms with E-state index in [9.17, 15) is 0 Å². The summed E-state index contributed by atoms with van der Waals surface area (Å²) in [7, 11) is 1.94. The van der Waals surface area contributed by atoms with E-state index in [1.807, 2.05) is 29.9 Å². The monoisotopic (exact) mass is 290 g/mol. The third-order valence-electron chi connectivity index (χ3n) is 4.25. The number of fused-ring (bicyclic) bond motifs is 3. The SMILES string of the molecule is [2H]C([2H])([2H])c1cc[n+](C)c(-n2c3ccccc3c3cccc(C)c32)c1. The molecule has 2 nitrogen and oxygen atoms in total. The van der Waals surface area contributed by atoms with E-state index >= 15 is 0 Å². The minimum absolute atomic E-state index is 0.347. The molecule has 0 unspecified atom stereocenters. The molecule has 0 aliphatic rings. The van der Waals surface area contributed by atoms with Crippen molar-refractivity contribution in [3.8, 4) is 5.82 Å². The summed E-state index contributed by atoms with van der Waals surface area (Å²) in [5, 5.41) is 2.34. The van der Waals surface area contributed by atoms with Gasteiger partial charge in [0.2, 0.25) is 0 Å². The Bertz CT molecular complexity index is 1110. The van der Waals surface area contributed by atoms with Crippen LogP contribution in [0.2, 0.25) is 0 Å². The zero-order valence-electron chi connectivity index (χ0n) is 15.7. The Hall–Kier alpha value is -2.61. The minimum atomic E-state index is -2.13. The molecule has 0 N–H and O–H groups in total. The van der Waals surface area contributed by atoms with Gasteiger partial charge in [0.05, 0.1) is 13.2 Å². The number of hydrogen-bond acceptors (Lipinski definition) is 0. The van der Waals surface area contributed by atoms with Crippen LogP contribution >= 0.6 is 0 Å². The van der Waals surface area contributed by atoms with Gasteiger partial charge in [0.25, 0.3) is 5.82 Å². The van der Waals surface area contributed by atoms with E-state index in [0.29, 0.717) is 5.56 Å². The van der Waals surface area contributed by atoms with Crippen LogP contribution in [-0.4, -0.2) is 4.57 Å². The van der Waals surface area contributed by atoms with Crippen molar-refractivity contribution >= 4 is 21.8 Å². The molecule has 4 rings (SSSR count). The first kappa shape index (κ1) is 10.2. The predicted molar refractivity (Wildman–Crippen MR) is 91.4 cm³/mol. The van der Waals surface area contributed by atoms with Gasteiger partial charge < -0.3 is 0 Å². The van der Waals surface area contributed by atoms with Crippen molar-refractivity contribution in [2.75, 3.05) is 0 Å². The first-order chi connectivity index (χ1) is 11.9. The fourth-order valence-corrected chi connectivity index (χ4v) is 3.21. The van der Waals surface area contributed by atoms with Gasteiger partial charge in [-0.2, -0.15) is 4.57 Å². The van der Waals surface area contributed by atoms with Crippen molar-refractivity contribution in [3.63, 3.8) is 0 Å². The molecule has 0 spiro atoms. The Morgan fingerprint density at radius 1 is 1.00 bits per heavy atom. The summed E-state index contributed by atoms with van der Waals surface area (Å²) in [4.78, 5) is 0. The predicted octanol–water partition coefficient (Wildman–Crippen LogP) is 4.23. The lowest BCUT2D eigenvalue weighted by Crippen LogP contribution is -2.33. The number of nitrogens with zero attached hydrogens (tertiary/aromatic N) is 2. The zero-order valence-corrected chi connectivity index (χ0v) is 12.7. The maximum absolute atomic E-state index is 7.75. The molecule has 0 saturated carbocycles. The van der Waals surface area contributed by atoms with Crippen LogP contribution in [0.15, 0.2) is 60.8 Å². The molecule has 0 atom stereocenters. The van der Waals surface area contributed by atoms with Crippen LogP contribution in [0.25, 0.3) is 27.6 Å². The van der Waals surface area contributed by atoms with E-state index in [1.165, 1.54) is 10.8 Å². The van der Waals surface area contributed by atoms with Gasteiger partial charge in [-0.1, -0.05) is 24.3 Å². The van der Waals surface area contributed by atoms with Crippen LogP contribution in [0.3, 0.4) is 0 Å². The summed E-state index contributed by atoms with van der Waals surface area (Å²) in [5.41, 5.74) is 3.69. The van der Waals surface area contributed by atoms with Gasteiger partial charge in [0.1, 0.15) is 11.0 Å². The highest BCUT2D eigenvalue weighted by atomic mass is 15.1. The molecule has 0 aliphatic heterocycles. The number of pyridine rings is 1. The molecule has 2 heterocycles. The van der Waals surface area contributed by atoms with Crippen LogP contribution in [0.4, 0.5) is 0 Å². The average Bonchev–Trinajstić information content (AvgIpc) is 2.90. The van der Waals surface area contributed by atoms with Crippen LogP contribution < -0.4 is 4.57 Å². The van der Waals surface area contributed by atoms with E-state index in [4.69, 9.17) is 4.11 Å².